The van der Waals surface area contributed by atoms with Crippen molar-refractivity contribution in [2.75, 3.05) is 0 Å². The molecule has 1 heterocycles. The van der Waals surface area contributed by atoms with Crippen LogP contribution >= 0.6 is 0 Å². The van der Waals surface area contributed by atoms with Gasteiger partial charge in [-0.3, -0.25) is 4.79 Å². The highest BCUT2D eigenvalue weighted by atomic mass is 16.7. The molecule has 7 nitrogen and oxygen atoms in total. The summed E-state index contributed by atoms with van der Waals surface area (Å²) in [4.78, 5) is 13.6. The lowest BCUT2D eigenvalue weighted by Crippen LogP contribution is -2.62. The second kappa shape index (κ2) is 8.34. The van der Waals surface area contributed by atoms with Crippen LogP contribution in [-0.2, 0) is 14.3 Å². The number of allylic oxidation sites excluding steroid dienone is 1. The number of ether oxygens (including phenoxy) is 2. The van der Waals surface area contributed by atoms with Gasteiger partial charge in [0.2, 0.25) is 0 Å². The number of ketones is 1. The predicted molar refractivity (Wildman–Crippen MR) is 138 cm³/mol. The number of carbonyl (C=O) groups excluding carboxylic acids is 1. The highest BCUT2D eigenvalue weighted by Gasteiger charge is 2.69. The average molecular weight is 521 g/mol. The Morgan fingerprint density at radius 3 is 2.32 bits per heavy atom. The van der Waals surface area contributed by atoms with Crippen LogP contribution in [0.1, 0.15) is 99.8 Å². The maximum absolute atomic E-state index is 13.6. The van der Waals surface area contributed by atoms with Gasteiger partial charge in [-0.25, -0.2) is 0 Å². The van der Waals surface area contributed by atoms with E-state index in [9.17, 15) is 25.2 Å². The topological polar surface area (TPSA) is 116 Å². The van der Waals surface area contributed by atoms with E-state index in [0.29, 0.717) is 32.1 Å². The summed E-state index contributed by atoms with van der Waals surface area (Å²) in [5.41, 5.74) is -3.75. The van der Waals surface area contributed by atoms with Crippen LogP contribution in [-0.4, -0.2) is 67.1 Å². The van der Waals surface area contributed by atoms with Crippen molar-refractivity contribution in [3.05, 3.63) is 11.6 Å². The molecular formula is C30H48O7. The number of hydrogen-bond acceptors (Lipinski definition) is 7. The van der Waals surface area contributed by atoms with Crippen molar-refractivity contribution >= 4 is 5.78 Å². The monoisotopic (exact) mass is 520 g/mol. The zero-order chi connectivity index (χ0) is 27.4. The summed E-state index contributed by atoms with van der Waals surface area (Å²) in [5, 5.41) is 45.3. The second-order valence-electron chi connectivity index (χ2n) is 14.8. The summed E-state index contributed by atoms with van der Waals surface area (Å²) in [6.07, 6.45) is 5.11. The lowest BCUT2D eigenvalue weighted by Gasteiger charge is -2.60. The van der Waals surface area contributed by atoms with E-state index in [0.717, 1.165) is 18.4 Å². The number of hydrogen-bond donors (Lipinski definition) is 4. The first kappa shape index (κ1) is 27.7. The third-order valence-corrected chi connectivity index (χ3v) is 11.4. The lowest BCUT2D eigenvalue weighted by molar-refractivity contribution is -0.174. The van der Waals surface area contributed by atoms with E-state index < -0.39 is 34.1 Å². The summed E-state index contributed by atoms with van der Waals surface area (Å²) < 4.78 is 12.4. The molecule has 0 aromatic heterocycles. The minimum atomic E-state index is -1.43. The molecule has 0 aromatic rings. The lowest BCUT2D eigenvalue weighted by atomic mass is 9.45. The largest absolute Gasteiger partial charge is 0.390 e. The molecule has 1 aliphatic heterocycles. The quantitative estimate of drug-likeness (QED) is 0.437. The number of aliphatic hydroxyl groups is 4. The van der Waals surface area contributed by atoms with Gasteiger partial charge in [0.15, 0.2) is 11.6 Å². The summed E-state index contributed by atoms with van der Waals surface area (Å²) in [6.45, 7) is 13.2. The minimum absolute atomic E-state index is 0.0605. The molecule has 7 heteroatoms. The number of fused-ring (bicyclic) bond motifs is 6. The van der Waals surface area contributed by atoms with Crippen LogP contribution in [0.3, 0.4) is 0 Å². The van der Waals surface area contributed by atoms with Crippen molar-refractivity contribution in [1.82, 2.24) is 0 Å². The zero-order valence-corrected chi connectivity index (χ0v) is 23.7. The van der Waals surface area contributed by atoms with Crippen LogP contribution in [0.4, 0.5) is 0 Å². The Kier molecular flexibility index (Phi) is 6.25. The SMILES string of the molecule is CC(C)(O)CC[C@@H](O)[C@](C)(O)C1CC[C@]2(O)C3=CC(=O)C4CC5OC(C)(C)OC5CC4(C)C3CCC12C. The fourth-order valence-corrected chi connectivity index (χ4v) is 9.28. The molecule has 7 unspecified atom stereocenters. The highest BCUT2D eigenvalue weighted by Crippen LogP contribution is 2.69. The molecule has 10 atom stereocenters. The molecule has 1 saturated heterocycles. The molecule has 4 N–H and O–H groups in total. The van der Waals surface area contributed by atoms with Crippen LogP contribution in [0.5, 0.6) is 0 Å². The molecule has 5 rings (SSSR count). The van der Waals surface area contributed by atoms with Gasteiger partial charge in [0.25, 0.3) is 0 Å². The number of rotatable bonds is 5. The molecule has 4 aliphatic carbocycles. The van der Waals surface area contributed by atoms with Crippen LogP contribution in [0.25, 0.3) is 0 Å². The molecular weight excluding hydrogens is 472 g/mol. The van der Waals surface area contributed by atoms with Crippen LogP contribution in [0, 0.1) is 28.6 Å². The van der Waals surface area contributed by atoms with E-state index in [4.69, 9.17) is 9.47 Å². The average Bonchev–Trinajstić information content (AvgIpc) is 3.21. The molecule has 0 bridgehead atoms. The Hall–Kier alpha value is -0.830. The first-order valence-electron chi connectivity index (χ1n) is 14.3. The third-order valence-electron chi connectivity index (χ3n) is 11.4. The third kappa shape index (κ3) is 4.10. The first-order chi connectivity index (χ1) is 16.8. The van der Waals surface area contributed by atoms with E-state index in [2.05, 4.69) is 6.92 Å². The number of carbonyl (C=O) groups is 1. The van der Waals surface area contributed by atoms with E-state index in [1.807, 2.05) is 20.8 Å². The van der Waals surface area contributed by atoms with Gasteiger partial charge in [0, 0.05) is 11.3 Å². The molecule has 0 spiro atoms. The molecule has 5 aliphatic rings. The molecule has 0 radical (unpaired) electrons. The van der Waals surface area contributed by atoms with Crippen LogP contribution in [0.15, 0.2) is 11.6 Å². The van der Waals surface area contributed by atoms with Crippen molar-refractivity contribution in [2.45, 2.75) is 141 Å². The molecule has 0 aromatic carbocycles. The van der Waals surface area contributed by atoms with Gasteiger partial charge in [0.1, 0.15) is 0 Å². The van der Waals surface area contributed by atoms with E-state index in [-0.39, 0.29) is 47.6 Å². The van der Waals surface area contributed by atoms with Crippen molar-refractivity contribution < 1.29 is 34.7 Å². The highest BCUT2D eigenvalue weighted by molar-refractivity contribution is 5.95. The summed E-state index contributed by atoms with van der Waals surface area (Å²) in [7, 11) is 0. The standard InChI is InChI=1S/C30H48O7/c1-25(2,33)11-10-24(32)29(7,34)23-9-13-30(35)18-14-20(31)19-15-21-22(37-26(3,4)36-21)16-27(19,5)17(18)8-12-28(23,30)6/h14,17,19,21-24,32-35H,8-13,15-16H2,1-7H3/t17?,19?,21?,22?,23?,24-,27?,28?,29-,30+/m1/s1. The first-order valence-corrected chi connectivity index (χ1v) is 14.3. The van der Waals surface area contributed by atoms with Gasteiger partial charge >= 0.3 is 0 Å². The molecule has 210 valence electrons. The van der Waals surface area contributed by atoms with Crippen LogP contribution in [0.2, 0.25) is 0 Å². The Morgan fingerprint density at radius 1 is 1.03 bits per heavy atom. The summed E-state index contributed by atoms with van der Waals surface area (Å²) in [6, 6.07) is 0. The fourth-order valence-electron chi connectivity index (χ4n) is 9.28. The molecule has 4 fully saturated rings. The van der Waals surface area contributed by atoms with E-state index in [1.54, 1.807) is 26.8 Å². The Balaban J connectivity index is 1.44. The van der Waals surface area contributed by atoms with E-state index in [1.165, 1.54) is 0 Å². The maximum Gasteiger partial charge on any atom is 0.163 e. The normalized spacial score (nSPS) is 47.3. The van der Waals surface area contributed by atoms with Crippen LogP contribution < -0.4 is 0 Å². The number of aliphatic hydroxyl groups excluding tert-OH is 1. The molecule has 0 amide bonds. The second-order valence-corrected chi connectivity index (χ2v) is 14.8. The van der Waals surface area contributed by atoms with E-state index >= 15 is 0 Å². The Bertz CT molecular complexity index is 979. The van der Waals surface area contributed by atoms with Gasteiger partial charge in [-0.05, 0) is 115 Å². The van der Waals surface area contributed by atoms with Gasteiger partial charge < -0.3 is 29.9 Å². The minimum Gasteiger partial charge on any atom is -0.390 e. The smallest absolute Gasteiger partial charge is 0.163 e. The van der Waals surface area contributed by atoms with Crippen molar-refractivity contribution in [2.24, 2.45) is 28.6 Å². The van der Waals surface area contributed by atoms with Gasteiger partial charge in [-0.2, -0.15) is 0 Å². The van der Waals surface area contributed by atoms with Crippen molar-refractivity contribution in [3.63, 3.8) is 0 Å². The van der Waals surface area contributed by atoms with Crippen molar-refractivity contribution in [1.29, 1.82) is 0 Å². The maximum atomic E-state index is 13.6. The summed E-state index contributed by atoms with van der Waals surface area (Å²) >= 11 is 0. The van der Waals surface area contributed by atoms with Gasteiger partial charge in [-0.1, -0.05) is 13.8 Å². The fraction of sp³-hybridized carbons (Fsp3) is 0.900. The Labute approximate surface area is 221 Å². The van der Waals surface area contributed by atoms with Gasteiger partial charge in [-0.15, -0.1) is 0 Å². The molecule has 3 saturated carbocycles. The van der Waals surface area contributed by atoms with Crippen molar-refractivity contribution in [3.8, 4) is 0 Å². The zero-order valence-electron chi connectivity index (χ0n) is 23.7. The molecule has 37 heavy (non-hydrogen) atoms. The van der Waals surface area contributed by atoms with Gasteiger partial charge in [0.05, 0.1) is 35.1 Å². The predicted octanol–water partition coefficient (Wildman–Crippen LogP) is 3.65. The summed E-state index contributed by atoms with van der Waals surface area (Å²) in [5.74, 6) is -1.02. The Morgan fingerprint density at radius 2 is 1.68 bits per heavy atom.